The molecule has 0 unspecified atom stereocenters. The van der Waals surface area contributed by atoms with Gasteiger partial charge in [-0.15, -0.1) is 0 Å². The monoisotopic (exact) mass is 215 g/mol. The first kappa shape index (κ1) is 9.91. The third-order valence-electron chi connectivity index (χ3n) is 3.56. The van der Waals surface area contributed by atoms with E-state index in [9.17, 15) is 5.11 Å². The molecule has 0 bridgehead atoms. The molecule has 0 amide bonds. The topological polar surface area (TPSA) is 23.5 Å². The van der Waals surface area contributed by atoms with Crippen molar-refractivity contribution in [3.8, 4) is 5.75 Å². The van der Waals surface area contributed by atoms with Crippen LogP contribution in [0.5, 0.6) is 5.75 Å². The Morgan fingerprint density at radius 3 is 2.75 bits per heavy atom. The molecule has 2 aliphatic rings. The van der Waals surface area contributed by atoms with Gasteiger partial charge in [0.1, 0.15) is 5.75 Å². The number of phenolic OH excluding ortho intramolecular Hbond substituents is 1. The van der Waals surface area contributed by atoms with Gasteiger partial charge in [-0.25, -0.2) is 0 Å². The molecule has 0 radical (unpaired) electrons. The van der Waals surface area contributed by atoms with Crippen molar-refractivity contribution in [2.75, 3.05) is 19.6 Å². The second kappa shape index (κ2) is 3.95. The highest BCUT2D eigenvalue weighted by Gasteiger charge is 2.20. The fourth-order valence-corrected chi connectivity index (χ4v) is 2.63. The zero-order valence-corrected chi connectivity index (χ0v) is 9.45. The Hall–Kier alpha value is -1.28. The van der Waals surface area contributed by atoms with Crippen LogP contribution in [0.4, 0.5) is 0 Å². The normalized spacial score (nSPS) is 19.9. The summed E-state index contributed by atoms with van der Waals surface area (Å²) in [5, 5.41) is 9.45. The Kier molecular flexibility index (Phi) is 2.44. The first-order valence-electron chi connectivity index (χ1n) is 6.09. The minimum Gasteiger partial charge on any atom is -0.508 e. The SMILES string of the molecule is Oc1ccc2c(c1)C(CN1CCCCC1)=C2. The van der Waals surface area contributed by atoms with E-state index in [1.165, 1.54) is 49.1 Å². The van der Waals surface area contributed by atoms with Crippen LogP contribution in [0.3, 0.4) is 0 Å². The molecule has 0 aromatic heterocycles. The van der Waals surface area contributed by atoms with E-state index in [0.29, 0.717) is 5.75 Å². The van der Waals surface area contributed by atoms with Gasteiger partial charge >= 0.3 is 0 Å². The minimum absolute atomic E-state index is 0.378. The average molecular weight is 215 g/mol. The summed E-state index contributed by atoms with van der Waals surface area (Å²) in [7, 11) is 0. The van der Waals surface area contributed by atoms with Gasteiger partial charge in [-0.2, -0.15) is 0 Å². The van der Waals surface area contributed by atoms with Crippen molar-refractivity contribution in [1.82, 2.24) is 4.90 Å². The fourth-order valence-electron chi connectivity index (χ4n) is 2.63. The smallest absolute Gasteiger partial charge is 0.116 e. The van der Waals surface area contributed by atoms with Crippen molar-refractivity contribution >= 4 is 11.6 Å². The molecule has 1 aliphatic carbocycles. The molecule has 16 heavy (non-hydrogen) atoms. The summed E-state index contributed by atoms with van der Waals surface area (Å²) in [6.07, 6.45) is 6.29. The van der Waals surface area contributed by atoms with Gasteiger partial charge < -0.3 is 5.11 Å². The van der Waals surface area contributed by atoms with Crippen LogP contribution in [0.25, 0.3) is 11.6 Å². The van der Waals surface area contributed by atoms with Gasteiger partial charge in [0.15, 0.2) is 0 Å². The maximum Gasteiger partial charge on any atom is 0.116 e. The zero-order chi connectivity index (χ0) is 11.0. The van der Waals surface area contributed by atoms with E-state index >= 15 is 0 Å². The Labute approximate surface area is 96.2 Å². The van der Waals surface area contributed by atoms with Gasteiger partial charge in [-0.3, -0.25) is 4.90 Å². The summed E-state index contributed by atoms with van der Waals surface area (Å²) in [5.74, 6) is 0.378. The molecular weight excluding hydrogens is 198 g/mol. The summed E-state index contributed by atoms with van der Waals surface area (Å²) in [4.78, 5) is 2.52. The Morgan fingerprint density at radius 2 is 1.94 bits per heavy atom. The molecule has 1 aliphatic heterocycles. The maximum absolute atomic E-state index is 9.45. The van der Waals surface area contributed by atoms with Crippen molar-refractivity contribution in [2.45, 2.75) is 19.3 Å². The first-order valence-corrected chi connectivity index (χ1v) is 6.09. The molecule has 1 saturated heterocycles. The Morgan fingerprint density at radius 1 is 1.12 bits per heavy atom. The summed E-state index contributed by atoms with van der Waals surface area (Å²) in [5.41, 5.74) is 3.89. The number of hydrogen-bond donors (Lipinski definition) is 1. The van der Waals surface area contributed by atoms with Crippen LogP contribution in [-0.4, -0.2) is 29.6 Å². The molecule has 1 heterocycles. The van der Waals surface area contributed by atoms with E-state index in [0.717, 1.165) is 6.54 Å². The third-order valence-corrected chi connectivity index (χ3v) is 3.56. The molecule has 2 nitrogen and oxygen atoms in total. The van der Waals surface area contributed by atoms with Crippen molar-refractivity contribution < 1.29 is 5.11 Å². The number of piperidine rings is 1. The second-order valence-corrected chi connectivity index (χ2v) is 4.78. The number of likely N-dealkylation sites (tertiary alicyclic amines) is 1. The average Bonchev–Trinajstić information content (AvgIpc) is 2.30. The number of fused-ring (bicyclic) bond motifs is 1. The molecule has 3 rings (SSSR count). The molecule has 0 atom stereocenters. The van der Waals surface area contributed by atoms with Gasteiger partial charge in [0.05, 0.1) is 0 Å². The highest BCUT2D eigenvalue weighted by atomic mass is 16.3. The van der Waals surface area contributed by atoms with E-state index in [1.54, 1.807) is 6.07 Å². The van der Waals surface area contributed by atoms with E-state index in [2.05, 4.69) is 11.0 Å². The summed E-state index contributed by atoms with van der Waals surface area (Å²) < 4.78 is 0. The van der Waals surface area contributed by atoms with Crippen molar-refractivity contribution in [2.24, 2.45) is 0 Å². The second-order valence-electron chi connectivity index (χ2n) is 4.78. The Bertz CT molecular complexity index is 430. The van der Waals surface area contributed by atoms with Crippen LogP contribution in [0.15, 0.2) is 18.2 Å². The van der Waals surface area contributed by atoms with Gasteiger partial charge in [0, 0.05) is 6.54 Å². The molecule has 1 N–H and O–H groups in total. The van der Waals surface area contributed by atoms with E-state index in [-0.39, 0.29) is 0 Å². The van der Waals surface area contributed by atoms with Crippen molar-refractivity contribution in [1.29, 1.82) is 0 Å². The van der Waals surface area contributed by atoms with Gasteiger partial charge in [0.2, 0.25) is 0 Å². The molecule has 1 fully saturated rings. The van der Waals surface area contributed by atoms with Gasteiger partial charge in [-0.1, -0.05) is 12.5 Å². The summed E-state index contributed by atoms with van der Waals surface area (Å²) >= 11 is 0. The molecule has 0 spiro atoms. The van der Waals surface area contributed by atoms with Crippen LogP contribution >= 0.6 is 0 Å². The predicted octanol–water partition coefficient (Wildman–Crippen LogP) is 2.73. The van der Waals surface area contributed by atoms with Crippen molar-refractivity contribution in [3.05, 3.63) is 29.3 Å². The van der Waals surface area contributed by atoms with Crippen LogP contribution in [0, 0.1) is 0 Å². The number of rotatable bonds is 2. The van der Waals surface area contributed by atoms with Crippen LogP contribution in [0.2, 0.25) is 0 Å². The largest absolute Gasteiger partial charge is 0.508 e. The number of hydrogen-bond acceptors (Lipinski definition) is 2. The van der Waals surface area contributed by atoms with Gasteiger partial charge in [-0.05, 0) is 60.8 Å². The zero-order valence-electron chi connectivity index (χ0n) is 9.45. The highest BCUT2D eigenvalue weighted by Crippen LogP contribution is 2.35. The van der Waals surface area contributed by atoms with Gasteiger partial charge in [0.25, 0.3) is 0 Å². The molecule has 84 valence electrons. The molecule has 2 heteroatoms. The predicted molar refractivity (Wildman–Crippen MR) is 66.3 cm³/mol. The molecule has 0 saturated carbocycles. The standard InChI is InChI=1S/C14H17NO/c16-13-5-4-11-8-12(14(11)9-13)10-15-6-2-1-3-7-15/h4-5,8-9,16H,1-3,6-7,10H2. The minimum atomic E-state index is 0.378. The highest BCUT2D eigenvalue weighted by molar-refractivity contribution is 5.96. The lowest BCUT2D eigenvalue weighted by atomic mass is 9.88. The van der Waals surface area contributed by atoms with E-state index in [4.69, 9.17) is 0 Å². The fraction of sp³-hybridized carbons (Fsp3) is 0.429. The third kappa shape index (κ3) is 1.74. The number of nitrogens with zero attached hydrogens (tertiary/aromatic N) is 1. The lowest BCUT2D eigenvalue weighted by Gasteiger charge is -2.30. The van der Waals surface area contributed by atoms with Crippen molar-refractivity contribution in [3.63, 3.8) is 0 Å². The Balaban J connectivity index is 1.69. The lowest BCUT2D eigenvalue weighted by molar-refractivity contribution is 0.255. The number of benzene rings is 1. The quantitative estimate of drug-likeness (QED) is 0.820. The number of aromatic hydroxyl groups is 1. The first-order chi connectivity index (χ1) is 7.83. The summed E-state index contributed by atoms with van der Waals surface area (Å²) in [6, 6.07) is 5.63. The van der Waals surface area contributed by atoms with Crippen LogP contribution in [0.1, 0.15) is 30.4 Å². The van der Waals surface area contributed by atoms with Crippen LogP contribution in [-0.2, 0) is 0 Å². The maximum atomic E-state index is 9.45. The molecule has 1 aromatic carbocycles. The van der Waals surface area contributed by atoms with E-state index < -0.39 is 0 Å². The molecule has 1 aromatic rings. The lowest BCUT2D eigenvalue weighted by Crippen LogP contribution is -2.32. The number of phenols is 1. The molecular formula is C14H17NO. The summed E-state index contributed by atoms with van der Waals surface area (Å²) in [6.45, 7) is 3.51. The van der Waals surface area contributed by atoms with Crippen LogP contribution < -0.4 is 0 Å². The van der Waals surface area contributed by atoms with E-state index in [1.807, 2.05) is 12.1 Å².